The van der Waals surface area contributed by atoms with Gasteiger partial charge >= 0.3 is 0 Å². The molecular weight excluding hydrogens is 242 g/mol. The van der Waals surface area contributed by atoms with E-state index in [1.165, 1.54) is 37.9 Å². The third kappa shape index (κ3) is 2.94. The minimum Gasteiger partial charge on any atom is -0.378 e. The topological polar surface area (TPSA) is 21.3 Å². The minimum absolute atomic E-state index is 0.485. The van der Waals surface area contributed by atoms with E-state index in [1.807, 2.05) is 17.8 Å². The van der Waals surface area contributed by atoms with Gasteiger partial charge in [0.2, 0.25) is 0 Å². The first kappa shape index (κ1) is 14.4. The van der Waals surface area contributed by atoms with Gasteiger partial charge in [-0.15, -0.1) is 6.58 Å². The summed E-state index contributed by atoms with van der Waals surface area (Å²) < 4.78 is 5.93. The first-order valence-electron chi connectivity index (χ1n) is 7.37. The molecular formula is C15H27NOS. The molecule has 0 aliphatic heterocycles. The third-order valence-electron chi connectivity index (χ3n) is 4.56. The van der Waals surface area contributed by atoms with Gasteiger partial charge in [-0.05, 0) is 26.2 Å². The van der Waals surface area contributed by atoms with Crippen molar-refractivity contribution in [2.75, 3.05) is 24.7 Å². The maximum absolute atomic E-state index is 5.93. The molecule has 2 nitrogen and oxygen atoms in total. The summed E-state index contributed by atoms with van der Waals surface area (Å²) in [5.74, 6) is 2.26. The summed E-state index contributed by atoms with van der Waals surface area (Å²) in [6.07, 6.45) is 9.27. The fourth-order valence-corrected chi connectivity index (χ4v) is 4.24. The molecule has 2 fully saturated rings. The molecule has 0 saturated heterocycles. The highest BCUT2D eigenvalue weighted by Crippen LogP contribution is 2.54. The summed E-state index contributed by atoms with van der Waals surface area (Å²) in [5.41, 5.74) is 0.485. The van der Waals surface area contributed by atoms with Crippen LogP contribution in [0.3, 0.4) is 0 Å². The van der Waals surface area contributed by atoms with Gasteiger partial charge in [0.05, 0.1) is 6.10 Å². The SMILES string of the molecule is C=CCSCCNC1CC(OCC)C12CCCC2. The summed E-state index contributed by atoms with van der Waals surface area (Å²) in [4.78, 5) is 0. The number of hydrogen-bond acceptors (Lipinski definition) is 3. The fourth-order valence-electron chi connectivity index (χ4n) is 3.64. The smallest absolute Gasteiger partial charge is 0.0661 e. The second kappa shape index (κ2) is 6.97. The van der Waals surface area contributed by atoms with Crippen LogP contribution in [0.4, 0.5) is 0 Å². The second-order valence-electron chi connectivity index (χ2n) is 5.49. The summed E-state index contributed by atoms with van der Waals surface area (Å²) in [6.45, 7) is 7.87. The molecule has 2 saturated carbocycles. The third-order valence-corrected chi connectivity index (χ3v) is 5.52. The summed E-state index contributed by atoms with van der Waals surface area (Å²) in [7, 11) is 0. The van der Waals surface area contributed by atoms with Gasteiger partial charge in [-0.25, -0.2) is 0 Å². The first-order chi connectivity index (χ1) is 8.83. The average Bonchev–Trinajstić information content (AvgIpc) is 2.88. The number of nitrogens with one attached hydrogen (secondary N) is 1. The van der Waals surface area contributed by atoms with Gasteiger partial charge in [-0.3, -0.25) is 0 Å². The zero-order valence-corrected chi connectivity index (χ0v) is 12.4. The van der Waals surface area contributed by atoms with Crippen molar-refractivity contribution in [1.82, 2.24) is 5.32 Å². The summed E-state index contributed by atoms with van der Waals surface area (Å²) in [5, 5.41) is 3.76. The molecule has 104 valence electrons. The predicted molar refractivity (Wildman–Crippen MR) is 80.2 cm³/mol. The molecule has 0 aromatic rings. The largest absolute Gasteiger partial charge is 0.378 e. The standard InChI is InChI=1S/C15H27NOS/c1-3-10-18-11-9-16-13-12-14(17-4-2)15(13)7-5-6-8-15/h3,13-14,16H,1,4-12H2,2H3. The van der Waals surface area contributed by atoms with E-state index in [-0.39, 0.29) is 0 Å². The molecule has 18 heavy (non-hydrogen) atoms. The Balaban J connectivity index is 1.74. The van der Waals surface area contributed by atoms with Crippen LogP contribution in [0, 0.1) is 5.41 Å². The van der Waals surface area contributed by atoms with Gasteiger partial charge in [-0.1, -0.05) is 18.9 Å². The fraction of sp³-hybridized carbons (Fsp3) is 0.867. The van der Waals surface area contributed by atoms with Gasteiger partial charge in [0.1, 0.15) is 0 Å². The van der Waals surface area contributed by atoms with E-state index >= 15 is 0 Å². The van der Waals surface area contributed by atoms with Crippen LogP contribution >= 0.6 is 11.8 Å². The van der Waals surface area contributed by atoms with E-state index < -0.39 is 0 Å². The molecule has 0 amide bonds. The van der Waals surface area contributed by atoms with E-state index in [1.54, 1.807) is 0 Å². The van der Waals surface area contributed by atoms with Crippen molar-refractivity contribution in [1.29, 1.82) is 0 Å². The second-order valence-corrected chi connectivity index (χ2v) is 6.64. The van der Waals surface area contributed by atoms with Crippen molar-refractivity contribution < 1.29 is 4.74 Å². The van der Waals surface area contributed by atoms with Crippen LogP contribution in [0.15, 0.2) is 12.7 Å². The molecule has 0 bridgehead atoms. The van der Waals surface area contributed by atoms with Crippen LogP contribution < -0.4 is 5.32 Å². The van der Waals surface area contributed by atoms with E-state index in [0.29, 0.717) is 17.6 Å². The monoisotopic (exact) mass is 269 g/mol. The van der Waals surface area contributed by atoms with Gasteiger partial charge in [0, 0.05) is 36.1 Å². The van der Waals surface area contributed by atoms with Crippen molar-refractivity contribution >= 4 is 11.8 Å². The summed E-state index contributed by atoms with van der Waals surface area (Å²) in [6, 6.07) is 0.709. The van der Waals surface area contributed by atoms with Crippen LogP contribution in [0.2, 0.25) is 0 Å². The lowest BCUT2D eigenvalue weighted by atomic mass is 9.60. The molecule has 2 unspecified atom stereocenters. The maximum atomic E-state index is 5.93. The molecule has 0 aromatic carbocycles. The zero-order chi connectivity index (χ0) is 12.8. The Morgan fingerprint density at radius 1 is 1.44 bits per heavy atom. The van der Waals surface area contributed by atoms with Crippen LogP contribution in [0.1, 0.15) is 39.0 Å². The van der Waals surface area contributed by atoms with Crippen molar-refractivity contribution in [3.63, 3.8) is 0 Å². The number of hydrogen-bond donors (Lipinski definition) is 1. The molecule has 0 aromatic heterocycles. The van der Waals surface area contributed by atoms with Crippen molar-refractivity contribution in [3.05, 3.63) is 12.7 Å². The Bertz CT molecular complexity index is 263. The Kier molecular flexibility index (Phi) is 5.58. The quantitative estimate of drug-likeness (QED) is 0.540. The van der Waals surface area contributed by atoms with E-state index in [4.69, 9.17) is 4.74 Å². The molecule has 1 spiro atoms. The van der Waals surface area contributed by atoms with Crippen LogP contribution in [0.25, 0.3) is 0 Å². The minimum atomic E-state index is 0.485. The first-order valence-corrected chi connectivity index (χ1v) is 8.52. The molecule has 2 rings (SSSR count). The Hall–Kier alpha value is 0.01000. The number of rotatable bonds is 8. The lowest BCUT2D eigenvalue weighted by Gasteiger charge is -2.54. The normalized spacial score (nSPS) is 29.4. The average molecular weight is 269 g/mol. The van der Waals surface area contributed by atoms with Gasteiger partial charge < -0.3 is 10.1 Å². The Morgan fingerprint density at radius 3 is 2.89 bits per heavy atom. The maximum Gasteiger partial charge on any atom is 0.0661 e. The lowest BCUT2D eigenvalue weighted by molar-refractivity contribution is -0.129. The van der Waals surface area contributed by atoms with Gasteiger partial charge in [0.25, 0.3) is 0 Å². The van der Waals surface area contributed by atoms with E-state index in [0.717, 1.165) is 18.9 Å². The number of ether oxygens (including phenoxy) is 1. The zero-order valence-electron chi connectivity index (χ0n) is 11.6. The molecule has 2 aliphatic rings. The van der Waals surface area contributed by atoms with Gasteiger partial charge in [0.15, 0.2) is 0 Å². The van der Waals surface area contributed by atoms with Crippen LogP contribution in [-0.4, -0.2) is 36.8 Å². The lowest BCUT2D eigenvalue weighted by Crippen LogP contribution is -2.62. The molecule has 2 atom stereocenters. The van der Waals surface area contributed by atoms with Crippen molar-refractivity contribution in [2.24, 2.45) is 5.41 Å². The van der Waals surface area contributed by atoms with Crippen LogP contribution in [0.5, 0.6) is 0 Å². The predicted octanol–water partition coefficient (Wildman–Crippen LogP) is 3.23. The van der Waals surface area contributed by atoms with Gasteiger partial charge in [-0.2, -0.15) is 11.8 Å². The molecule has 0 radical (unpaired) electrons. The van der Waals surface area contributed by atoms with E-state index in [2.05, 4.69) is 18.8 Å². The molecule has 2 aliphatic carbocycles. The Morgan fingerprint density at radius 2 is 2.22 bits per heavy atom. The van der Waals surface area contributed by atoms with E-state index in [9.17, 15) is 0 Å². The highest BCUT2D eigenvalue weighted by Gasteiger charge is 2.56. The molecule has 3 heteroatoms. The molecule has 1 N–H and O–H groups in total. The van der Waals surface area contributed by atoms with Crippen LogP contribution in [-0.2, 0) is 4.74 Å². The van der Waals surface area contributed by atoms with Crippen molar-refractivity contribution in [2.45, 2.75) is 51.2 Å². The summed E-state index contributed by atoms with van der Waals surface area (Å²) >= 11 is 1.96. The highest BCUT2D eigenvalue weighted by atomic mass is 32.2. The van der Waals surface area contributed by atoms with Crippen molar-refractivity contribution in [3.8, 4) is 0 Å². The Labute approximate surface area is 116 Å². The molecule has 0 heterocycles. The highest BCUT2D eigenvalue weighted by molar-refractivity contribution is 7.99. The number of thioether (sulfide) groups is 1.